The molecule has 120 valence electrons. The van der Waals surface area contributed by atoms with Crippen LogP contribution < -0.4 is 10.0 Å². The fraction of sp³-hybridized carbons (Fsp3) is 0.500. The predicted octanol–water partition coefficient (Wildman–Crippen LogP) is 3.10. The molecule has 0 saturated heterocycles. The van der Waals surface area contributed by atoms with Gasteiger partial charge in [-0.25, -0.2) is 8.42 Å². The molecule has 0 spiro atoms. The lowest BCUT2D eigenvalue weighted by Crippen LogP contribution is -2.28. The molecular formula is C12H16ClF3N2O2S. The summed E-state index contributed by atoms with van der Waals surface area (Å²) in [5, 5.41) is 2.57. The third-order valence-electron chi connectivity index (χ3n) is 2.55. The zero-order chi connectivity index (χ0) is 16.1. The van der Waals surface area contributed by atoms with E-state index in [9.17, 15) is 21.6 Å². The van der Waals surface area contributed by atoms with Gasteiger partial charge in [0.15, 0.2) is 0 Å². The molecule has 4 nitrogen and oxygen atoms in total. The van der Waals surface area contributed by atoms with E-state index in [4.69, 9.17) is 11.6 Å². The van der Waals surface area contributed by atoms with Gasteiger partial charge in [0.2, 0.25) is 10.0 Å². The quantitative estimate of drug-likeness (QED) is 0.747. The monoisotopic (exact) mass is 344 g/mol. The number of anilines is 1. The molecule has 0 heterocycles. The highest BCUT2D eigenvalue weighted by Crippen LogP contribution is 2.38. The van der Waals surface area contributed by atoms with E-state index in [1.54, 1.807) is 0 Å². The number of rotatable bonds is 7. The zero-order valence-corrected chi connectivity index (χ0v) is 12.9. The second kappa shape index (κ2) is 7.33. The Morgan fingerprint density at radius 3 is 2.48 bits per heavy atom. The van der Waals surface area contributed by atoms with E-state index in [1.807, 2.05) is 11.6 Å². The molecular weight excluding hydrogens is 329 g/mol. The Balaban J connectivity index is 2.92. The Labute approximate surface area is 126 Å². The first-order valence-corrected chi connectivity index (χ1v) is 8.27. The summed E-state index contributed by atoms with van der Waals surface area (Å²) < 4.78 is 64.1. The summed E-state index contributed by atoms with van der Waals surface area (Å²) in [6.45, 7) is 2.70. The number of para-hydroxylation sites is 1. The second-order valence-electron chi connectivity index (χ2n) is 4.33. The van der Waals surface area contributed by atoms with Gasteiger partial charge in [0.25, 0.3) is 0 Å². The second-order valence-corrected chi connectivity index (χ2v) is 6.58. The van der Waals surface area contributed by atoms with Gasteiger partial charge in [-0.3, -0.25) is 4.72 Å². The Morgan fingerprint density at radius 1 is 1.24 bits per heavy atom. The van der Waals surface area contributed by atoms with E-state index < -0.39 is 27.5 Å². The van der Waals surface area contributed by atoms with Gasteiger partial charge >= 0.3 is 6.18 Å². The van der Waals surface area contributed by atoms with Crippen molar-refractivity contribution in [2.45, 2.75) is 19.5 Å². The molecule has 2 N–H and O–H groups in total. The molecule has 0 unspecified atom stereocenters. The highest BCUT2D eigenvalue weighted by atomic mass is 35.5. The van der Waals surface area contributed by atoms with Gasteiger partial charge in [0.1, 0.15) is 0 Å². The standard InChI is InChI=1S/C12H16ClF3N2O2S/c1-2-6-17-7-8-21(19,20)18-11-9(12(14,15)16)4-3-5-10(11)13/h3-5,17-18H,2,6-8H2,1H3. The van der Waals surface area contributed by atoms with Crippen molar-refractivity contribution in [1.82, 2.24) is 5.32 Å². The van der Waals surface area contributed by atoms with Crippen molar-refractivity contribution in [2.75, 3.05) is 23.6 Å². The largest absolute Gasteiger partial charge is 0.418 e. The summed E-state index contributed by atoms with van der Waals surface area (Å²) >= 11 is 5.68. The third kappa shape index (κ3) is 5.72. The third-order valence-corrected chi connectivity index (χ3v) is 4.12. The van der Waals surface area contributed by atoms with Gasteiger partial charge in [-0.05, 0) is 25.1 Å². The van der Waals surface area contributed by atoms with Crippen LogP contribution in [0.3, 0.4) is 0 Å². The first kappa shape index (κ1) is 18.1. The molecule has 1 aromatic rings. The van der Waals surface area contributed by atoms with E-state index in [-0.39, 0.29) is 17.3 Å². The van der Waals surface area contributed by atoms with Gasteiger partial charge in [-0.15, -0.1) is 0 Å². The van der Waals surface area contributed by atoms with Crippen LogP contribution in [0.2, 0.25) is 5.02 Å². The fourth-order valence-corrected chi connectivity index (χ4v) is 2.90. The Bertz CT molecular complexity index is 576. The number of hydrogen-bond donors (Lipinski definition) is 2. The van der Waals surface area contributed by atoms with Crippen molar-refractivity contribution in [3.63, 3.8) is 0 Å². The van der Waals surface area contributed by atoms with Crippen molar-refractivity contribution in [1.29, 1.82) is 0 Å². The topological polar surface area (TPSA) is 58.2 Å². The summed E-state index contributed by atoms with van der Waals surface area (Å²) in [5.41, 5.74) is -1.75. The summed E-state index contributed by atoms with van der Waals surface area (Å²) in [6.07, 6.45) is -3.86. The van der Waals surface area contributed by atoms with Crippen molar-refractivity contribution in [3.05, 3.63) is 28.8 Å². The lowest BCUT2D eigenvalue weighted by atomic mass is 10.2. The molecule has 0 saturated carbocycles. The molecule has 1 aromatic carbocycles. The zero-order valence-electron chi connectivity index (χ0n) is 11.3. The molecule has 0 aromatic heterocycles. The summed E-state index contributed by atoms with van der Waals surface area (Å²) in [4.78, 5) is 0. The number of halogens is 4. The van der Waals surface area contributed by atoms with E-state index in [1.165, 1.54) is 6.07 Å². The maximum absolute atomic E-state index is 12.9. The molecule has 9 heteroatoms. The van der Waals surface area contributed by atoms with Crippen LogP contribution in [0, 0.1) is 0 Å². The molecule has 0 atom stereocenters. The van der Waals surface area contributed by atoms with Crippen molar-refractivity contribution < 1.29 is 21.6 Å². The lowest BCUT2D eigenvalue weighted by molar-refractivity contribution is -0.136. The fourth-order valence-electron chi connectivity index (χ4n) is 1.58. The molecule has 0 radical (unpaired) electrons. The molecule has 0 aliphatic carbocycles. The van der Waals surface area contributed by atoms with Crippen molar-refractivity contribution >= 4 is 27.3 Å². The van der Waals surface area contributed by atoms with E-state index in [0.29, 0.717) is 6.54 Å². The van der Waals surface area contributed by atoms with E-state index in [0.717, 1.165) is 18.6 Å². The Kier molecular flexibility index (Phi) is 6.30. The van der Waals surface area contributed by atoms with E-state index in [2.05, 4.69) is 5.32 Å². The summed E-state index contributed by atoms with van der Waals surface area (Å²) in [5.74, 6) is -0.338. The average molecular weight is 345 g/mol. The van der Waals surface area contributed by atoms with Crippen LogP contribution in [0.15, 0.2) is 18.2 Å². The molecule has 0 fully saturated rings. The van der Waals surface area contributed by atoms with Crippen LogP contribution in [-0.2, 0) is 16.2 Å². The normalized spacial score (nSPS) is 12.4. The molecule has 0 aliphatic heterocycles. The van der Waals surface area contributed by atoms with Gasteiger partial charge in [0.05, 0.1) is 22.0 Å². The number of alkyl halides is 3. The highest BCUT2D eigenvalue weighted by molar-refractivity contribution is 7.92. The van der Waals surface area contributed by atoms with Gasteiger partial charge in [0, 0.05) is 6.54 Å². The van der Waals surface area contributed by atoms with Gasteiger partial charge in [-0.2, -0.15) is 13.2 Å². The Morgan fingerprint density at radius 2 is 1.90 bits per heavy atom. The van der Waals surface area contributed by atoms with Crippen molar-refractivity contribution in [2.24, 2.45) is 0 Å². The molecule has 21 heavy (non-hydrogen) atoms. The highest BCUT2D eigenvalue weighted by Gasteiger charge is 2.35. The minimum Gasteiger partial charge on any atom is -0.316 e. The minimum absolute atomic E-state index is 0.148. The number of benzene rings is 1. The van der Waals surface area contributed by atoms with Gasteiger partial charge < -0.3 is 5.32 Å². The lowest BCUT2D eigenvalue weighted by Gasteiger charge is -2.16. The molecule has 0 aliphatic rings. The first-order valence-electron chi connectivity index (χ1n) is 6.24. The number of sulfonamides is 1. The summed E-state index contributed by atoms with van der Waals surface area (Å²) in [7, 11) is -3.92. The van der Waals surface area contributed by atoms with Crippen LogP contribution in [0.25, 0.3) is 0 Å². The average Bonchev–Trinajstić information content (AvgIpc) is 2.35. The maximum atomic E-state index is 12.9. The van der Waals surface area contributed by atoms with Gasteiger partial charge in [-0.1, -0.05) is 24.6 Å². The Hall–Kier alpha value is -0.990. The van der Waals surface area contributed by atoms with Crippen LogP contribution >= 0.6 is 11.6 Å². The van der Waals surface area contributed by atoms with Crippen LogP contribution in [0.5, 0.6) is 0 Å². The smallest absolute Gasteiger partial charge is 0.316 e. The van der Waals surface area contributed by atoms with Crippen LogP contribution in [0.1, 0.15) is 18.9 Å². The first-order chi connectivity index (χ1) is 9.67. The molecule has 0 amide bonds. The summed E-state index contributed by atoms with van der Waals surface area (Å²) in [6, 6.07) is 3.09. The molecule has 0 bridgehead atoms. The van der Waals surface area contributed by atoms with E-state index >= 15 is 0 Å². The SMILES string of the molecule is CCCNCCS(=O)(=O)Nc1c(Cl)cccc1C(F)(F)F. The number of hydrogen-bond acceptors (Lipinski definition) is 3. The van der Waals surface area contributed by atoms with Crippen LogP contribution in [-0.4, -0.2) is 27.3 Å². The predicted molar refractivity (Wildman–Crippen MR) is 77.0 cm³/mol. The number of nitrogens with one attached hydrogen (secondary N) is 2. The molecule has 1 rings (SSSR count). The minimum atomic E-state index is -4.69. The van der Waals surface area contributed by atoms with Crippen molar-refractivity contribution in [3.8, 4) is 0 Å². The maximum Gasteiger partial charge on any atom is 0.418 e. The van der Waals surface area contributed by atoms with Crippen LogP contribution in [0.4, 0.5) is 18.9 Å².